The Hall–Kier alpha value is -0.970. The van der Waals surface area contributed by atoms with E-state index in [4.69, 9.17) is 5.73 Å². The maximum atomic E-state index is 14.2. The number of hydrogen-bond acceptors (Lipinski definition) is 3. The molecule has 0 spiro atoms. The number of halogens is 1. The molecule has 1 saturated heterocycles. The fraction of sp³-hybridized carbons (Fsp3) is 0.500. The molecule has 0 amide bonds. The van der Waals surface area contributed by atoms with Crippen molar-refractivity contribution in [1.29, 1.82) is 0 Å². The van der Waals surface area contributed by atoms with Crippen LogP contribution < -0.4 is 5.73 Å². The van der Waals surface area contributed by atoms with Crippen LogP contribution in [0.5, 0.6) is 0 Å². The van der Waals surface area contributed by atoms with Crippen molar-refractivity contribution in [3.63, 3.8) is 0 Å². The highest BCUT2D eigenvalue weighted by Crippen LogP contribution is 2.34. The summed E-state index contributed by atoms with van der Waals surface area (Å²) in [6.07, 6.45) is 5.14. The minimum absolute atomic E-state index is 0.108. The first-order chi connectivity index (χ1) is 9.79. The van der Waals surface area contributed by atoms with E-state index in [2.05, 4.69) is 4.90 Å². The predicted molar refractivity (Wildman–Crippen MR) is 83.4 cm³/mol. The minimum atomic E-state index is -0.108. The molecular weight excluding hydrogens is 271 g/mol. The van der Waals surface area contributed by atoms with Crippen molar-refractivity contribution in [2.75, 3.05) is 13.1 Å². The number of benzene rings is 1. The molecule has 3 rings (SSSR count). The third-order valence-corrected chi connectivity index (χ3v) is 5.33. The van der Waals surface area contributed by atoms with Gasteiger partial charge in [-0.15, -0.1) is 11.3 Å². The summed E-state index contributed by atoms with van der Waals surface area (Å²) in [7, 11) is 0. The topological polar surface area (TPSA) is 29.3 Å². The van der Waals surface area contributed by atoms with Gasteiger partial charge in [0.05, 0.1) is 0 Å². The maximum absolute atomic E-state index is 14.2. The molecule has 20 heavy (non-hydrogen) atoms. The van der Waals surface area contributed by atoms with Crippen molar-refractivity contribution in [3.8, 4) is 0 Å². The van der Waals surface area contributed by atoms with Gasteiger partial charge in [0.15, 0.2) is 0 Å². The van der Waals surface area contributed by atoms with Crippen LogP contribution in [0, 0.1) is 5.82 Å². The molecule has 2 nitrogen and oxygen atoms in total. The van der Waals surface area contributed by atoms with Crippen LogP contribution in [0.25, 0.3) is 10.1 Å². The number of rotatable bonds is 3. The van der Waals surface area contributed by atoms with Crippen LogP contribution in [0.15, 0.2) is 18.2 Å². The van der Waals surface area contributed by atoms with Crippen LogP contribution >= 0.6 is 11.3 Å². The van der Waals surface area contributed by atoms with E-state index in [1.165, 1.54) is 25.7 Å². The monoisotopic (exact) mass is 292 g/mol. The van der Waals surface area contributed by atoms with Crippen molar-refractivity contribution in [2.45, 2.75) is 38.8 Å². The predicted octanol–water partition coefficient (Wildman–Crippen LogP) is 3.88. The highest BCUT2D eigenvalue weighted by atomic mass is 32.1. The average molecular weight is 292 g/mol. The van der Waals surface area contributed by atoms with Gasteiger partial charge < -0.3 is 5.73 Å². The van der Waals surface area contributed by atoms with Gasteiger partial charge in [-0.1, -0.05) is 18.9 Å². The number of fused-ring (bicyclic) bond motifs is 1. The lowest BCUT2D eigenvalue weighted by molar-refractivity contribution is 0.277. The molecule has 1 aliphatic heterocycles. The van der Waals surface area contributed by atoms with E-state index in [1.54, 1.807) is 23.5 Å². The number of nitrogens with two attached hydrogens (primary N) is 1. The summed E-state index contributed by atoms with van der Waals surface area (Å²) in [6, 6.07) is 5.33. The minimum Gasteiger partial charge on any atom is -0.326 e. The Morgan fingerprint density at radius 2 is 1.90 bits per heavy atom. The molecule has 1 aromatic carbocycles. The third kappa shape index (κ3) is 2.73. The first-order valence-corrected chi connectivity index (χ1v) is 8.22. The summed E-state index contributed by atoms with van der Waals surface area (Å²) in [4.78, 5) is 3.59. The summed E-state index contributed by atoms with van der Waals surface area (Å²) in [5, 5.41) is 0.794. The van der Waals surface area contributed by atoms with Gasteiger partial charge in [-0.2, -0.15) is 0 Å². The van der Waals surface area contributed by atoms with Gasteiger partial charge in [0.25, 0.3) is 0 Å². The molecule has 0 radical (unpaired) electrons. The largest absolute Gasteiger partial charge is 0.326 e. The summed E-state index contributed by atoms with van der Waals surface area (Å²) < 4.78 is 15.2. The Morgan fingerprint density at radius 1 is 1.15 bits per heavy atom. The van der Waals surface area contributed by atoms with Crippen molar-refractivity contribution in [3.05, 3.63) is 34.5 Å². The number of likely N-dealkylation sites (tertiary alicyclic amines) is 1. The van der Waals surface area contributed by atoms with Gasteiger partial charge in [0.1, 0.15) is 5.82 Å². The van der Waals surface area contributed by atoms with Crippen LogP contribution in [0.3, 0.4) is 0 Å². The lowest BCUT2D eigenvalue weighted by Gasteiger charge is -2.20. The molecule has 0 bridgehead atoms. The SMILES string of the molecule is NCc1sc2cccc(F)c2c1CN1CCCCCC1. The van der Waals surface area contributed by atoms with Gasteiger partial charge in [-0.25, -0.2) is 4.39 Å². The molecule has 0 atom stereocenters. The zero-order valence-corrected chi connectivity index (χ0v) is 12.5. The van der Waals surface area contributed by atoms with Crippen LogP contribution in [-0.4, -0.2) is 18.0 Å². The number of hydrogen-bond donors (Lipinski definition) is 1. The Labute approximate surface area is 123 Å². The molecule has 0 aliphatic carbocycles. The quantitative estimate of drug-likeness (QED) is 0.930. The molecule has 1 fully saturated rings. The maximum Gasteiger partial charge on any atom is 0.132 e. The summed E-state index contributed by atoms with van der Waals surface area (Å²) in [6.45, 7) is 3.58. The molecule has 0 saturated carbocycles. The average Bonchev–Trinajstić information content (AvgIpc) is 2.62. The second-order valence-corrected chi connectivity index (χ2v) is 6.65. The number of nitrogens with zero attached hydrogens (tertiary/aromatic N) is 1. The van der Waals surface area contributed by atoms with E-state index < -0.39 is 0 Å². The van der Waals surface area contributed by atoms with E-state index in [0.29, 0.717) is 6.54 Å². The van der Waals surface area contributed by atoms with Gasteiger partial charge >= 0.3 is 0 Å². The van der Waals surface area contributed by atoms with E-state index in [0.717, 1.165) is 40.2 Å². The molecule has 0 unspecified atom stereocenters. The van der Waals surface area contributed by atoms with Crippen molar-refractivity contribution < 1.29 is 4.39 Å². The van der Waals surface area contributed by atoms with Crippen LogP contribution in [0.2, 0.25) is 0 Å². The Bertz CT molecular complexity index is 585. The molecule has 2 heterocycles. The lowest BCUT2D eigenvalue weighted by atomic mass is 10.1. The molecule has 1 aromatic heterocycles. The van der Waals surface area contributed by atoms with Crippen molar-refractivity contribution >= 4 is 21.4 Å². The van der Waals surface area contributed by atoms with E-state index in [1.807, 2.05) is 6.07 Å². The molecule has 2 aromatic rings. The lowest BCUT2D eigenvalue weighted by Crippen LogP contribution is -2.24. The molecular formula is C16H21FN2S. The molecule has 4 heteroatoms. The molecule has 1 aliphatic rings. The standard InChI is InChI=1S/C16H21FN2S/c17-13-6-5-7-14-16(13)12(15(10-18)20-14)11-19-8-3-1-2-4-9-19/h5-7H,1-4,8-11,18H2. The molecule has 2 N–H and O–H groups in total. The van der Waals surface area contributed by atoms with Crippen molar-refractivity contribution in [2.24, 2.45) is 5.73 Å². The Kier molecular flexibility index (Phi) is 4.34. The second-order valence-electron chi connectivity index (χ2n) is 5.51. The summed E-state index contributed by atoms with van der Waals surface area (Å²) in [5.74, 6) is -0.108. The first-order valence-electron chi connectivity index (χ1n) is 7.41. The Morgan fingerprint density at radius 3 is 2.60 bits per heavy atom. The van der Waals surface area contributed by atoms with Gasteiger partial charge in [-0.05, 0) is 43.6 Å². The zero-order valence-electron chi connectivity index (χ0n) is 11.7. The number of thiophene rings is 1. The normalized spacial score (nSPS) is 17.5. The highest BCUT2D eigenvalue weighted by molar-refractivity contribution is 7.19. The Balaban J connectivity index is 1.96. The van der Waals surface area contributed by atoms with Crippen LogP contribution in [-0.2, 0) is 13.1 Å². The summed E-state index contributed by atoms with van der Waals surface area (Å²) >= 11 is 1.64. The first kappa shape index (κ1) is 14.0. The molecule has 108 valence electrons. The fourth-order valence-electron chi connectivity index (χ4n) is 3.07. The fourth-order valence-corrected chi connectivity index (χ4v) is 4.17. The van der Waals surface area contributed by atoms with Crippen molar-refractivity contribution in [1.82, 2.24) is 4.90 Å². The highest BCUT2D eigenvalue weighted by Gasteiger charge is 2.18. The smallest absolute Gasteiger partial charge is 0.132 e. The zero-order chi connectivity index (χ0) is 13.9. The van der Waals surface area contributed by atoms with E-state index >= 15 is 0 Å². The van der Waals surface area contributed by atoms with Crippen LogP contribution in [0.1, 0.15) is 36.1 Å². The summed E-state index contributed by atoms with van der Waals surface area (Å²) in [5.41, 5.74) is 6.99. The van der Waals surface area contributed by atoms with E-state index in [-0.39, 0.29) is 5.82 Å². The van der Waals surface area contributed by atoms with E-state index in [9.17, 15) is 4.39 Å². The van der Waals surface area contributed by atoms with Gasteiger partial charge in [0.2, 0.25) is 0 Å². The van der Waals surface area contributed by atoms with Gasteiger partial charge in [-0.3, -0.25) is 4.90 Å². The van der Waals surface area contributed by atoms with Crippen LogP contribution in [0.4, 0.5) is 4.39 Å². The van der Waals surface area contributed by atoms with Gasteiger partial charge in [0, 0.05) is 28.1 Å². The second kappa shape index (κ2) is 6.20. The third-order valence-electron chi connectivity index (χ3n) is 4.11.